The van der Waals surface area contributed by atoms with Gasteiger partial charge in [0.05, 0.1) is 24.3 Å². The first-order valence-electron chi connectivity index (χ1n) is 6.62. The minimum absolute atomic E-state index is 0.144. The van der Waals surface area contributed by atoms with Crippen LogP contribution < -0.4 is 4.74 Å². The van der Waals surface area contributed by atoms with Crippen LogP contribution in [0.4, 0.5) is 0 Å². The van der Waals surface area contributed by atoms with Crippen molar-refractivity contribution in [3.63, 3.8) is 0 Å². The number of para-hydroxylation sites is 1. The fourth-order valence-corrected chi connectivity index (χ4v) is 2.57. The van der Waals surface area contributed by atoms with Gasteiger partial charge in [-0.3, -0.25) is 0 Å². The number of hydrogen-bond donors (Lipinski definition) is 1. The molecule has 0 fully saturated rings. The molecule has 1 aromatic heterocycles. The van der Waals surface area contributed by atoms with E-state index in [0.29, 0.717) is 12.5 Å². The highest BCUT2D eigenvalue weighted by Crippen LogP contribution is 2.40. The molecular formula is C15H18N2O2. The van der Waals surface area contributed by atoms with E-state index < -0.39 is 6.10 Å². The van der Waals surface area contributed by atoms with E-state index >= 15 is 0 Å². The maximum Gasteiger partial charge on any atom is 0.143 e. The van der Waals surface area contributed by atoms with Gasteiger partial charge >= 0.3 is 0 Å². The van der Waals surface area contributed by atoms with E-state index in [-0.39, 0.29) is 6.10 Å². The van der Waals surface area contributed by atoms with E-state index in [2.05, 4.69) is 23.4 Å². The van der Waals surface area contributed by atoms with Gasteiger partial charge in [-0.15, -0.1) is 0 Å². The Balaban J connectivity index is 1.95. The third kappa shape index (κ3) is 2.12. The Morgan fingerprint density at radius 2 is 2.16 bits per heavy atom. The third-order valence-electron chi connectivity index (χ3n) is 3.57. The van der Waals surface area contributed by atoms with Crippen LogP contribution in [0.5, 0.6) is 5.75 Å². The molecular weight excluding hydrogens is 240 g/mol. The number of nitrogens with zero attached hydrogens (tertiary/aromatic N) is 2. The van der Waals surface area contributed by atoms with Crippen molar-refractivity contribution >= 4 is 0 Å². The molecule has 1 N–H and O–H groups in total. The molecule has 1 aromatic carbocycles. The third-order valence-corrected chi connectivity index (χ3v) is 3.57. The molecule has 4 heteroatoms. The second-order valence-corrected chi connectivity index (χ2v) is 5.22. The van der Waals surface area contributed by atoms with Gasteiger partial charge in [-0.25, -0.2) is 4.98 Å². The molecule has 2 unspecified atom stereocenters. The maximum atomic E-state index is 10.3. The zero-order valence-corrected chi connectivity index (χ0v) is 11.2. The molecule has 3 rings (SSSR count). The fourth-order valence-electron chi connectivity index (χ4n) is 2.57. The van der Waals surface area contributed by atoms with Crippen LogP contribution in [0, 0.1) is 0 Å². The molecule has 1 aliphatic heterocycles. The summed E-state index contributed by atoms with van der Waals surface area (Å²) in [7, 11) is 0. The minimum Gasteiger partial charge on any atom is -0.484 e. The Labute approximate surface area is 112 Å². The van der Waals surface area contributed by atoms with E-state index in [1.54, 1.807) is 0 Å². The summed E-state index contributed by atoms with van der Waals surface area (Å²) in [6.07, 6.45) is 3.58. The molecule has 2 heterocycles. The Morgan fingerprint density at radius 3 is 2.95 bits per heavy atom. The van der Waals surface area contributed by atoms with Gasteiger partial charge in [0.2, 0.25) is 0 Å². The van der Waals surface area contributed by atoms with Crippen LogP contribution in [-0.4, -0.2) is 14.7 Å². The summed E-state index contributed by atoms with van der Waals surface area (Å²) in [5, 5.41) is 10.3. The summed E-state index contributed by atoms with van der Waals surface area (Å²) in [5.41, 5.74) is 1.89. The summed E-state index contributed by atoms with van der Waals surface area (Å²) in [6.45, 7) is 4.22. The molecule has 0 amide bonds. The van der Waals surface area contributed by atoms with Crippen LogP contribution in [0.25, 0.3) is 0 Å². The lowest BCUT2D eigenvalue weighted by Crippen LogP contribution is -2.21. The van der Waals surface area contributed by atoms with Gasteiger partial charge in [0.15, 0.2) is 0 Å². The second kappa shape index (κ2) is 4.70. The lowest BCUT2D eigenvalue weighted by atomic mass is 9.97. The van der Waals surface area contributed by atoms with Gasteiger partial charge in [0, 0.05) is 18.0 Å². The molecule has 2 atom stereocenters. The normalized spacial score (nSPS) is 22.1. The van der Waals surface area contributed by atoms with Crippen LogP contribution in [0.1, 0.15) is 49.8 Å². The Kier molecular flexibility index (Phi) is 3.03. The Hall–Kier alpha value is -1.81. The molecule has 2 aromatic rings. The first kappa shape index (κ1) is 12.2. The molecule has 1 aliphatic rings. The van der Waals surface area contributed by atoms with Crippen molar-refractivity contribution < 1.29 is 9.84 Å². The monoisotopic (exact) mass is 258 g/mol. The Morgan fingerprint density at radius 1 is 1.37 bits per heavy atom. The summed E-state index contributed by atoms with van der Waals surface area (Å²) in [6, 6.07) is 7.99. The quantitative estimate of drug-likeness (QED) is 0.900. The largest absolute Gasteiger partial charge is 0.484 e. The van der Waals surface area contributed by atoms with Crippen molar-refractivity contribution in [2.45, 2.75) is 38.5 Å². The number of benzene rings is 1. The summed E-state index contributed by atoms with van der Waals surface area (Å²) in [4.78, 5) is 4.20. The van der Waals surface area contributed by atoms with Crippen molar-refractivity contribution in [2.75, 3.05) is 0 Å². The molecule has 19 heavy (non-hydrogen) atoms. The van der Waals surface area contributed by atoms with E-state index in [9.17, 15) is 5.11 Å². The van der Waals surface area contributed by atoms with Gasteiger partial charge in [0.1, 0.15) is 11.9 Å². The number of aliphatic hydroxyl groups excluding tert-OH is 1. The predicted octanol–water partition coefficient (Wildman–Crippen LogP) is 3.02. The smallest absolute Gasteiger partial charge is 0.143 e. The van der Waals surface area contributed by atoms with Crippen LogP contribution >= 0.6 is 0 Å². The molecule has 0 saturated carbocycles. The summed E-state index contributed by atoms with van der Waals surface area (Å²) >= 11 is 0. The highest BCUT2D eigenvalue weighted by atomic mass is 16.5. The average Bonchev–Trinajstić information content (AvgIpc) is 2.88. The maximum absolute atomic E-state index is 10.3. The zero-order chi connectivity index (χ0) is 13.4. The van der Waals surface area contributed by atoms with Crippen molar-refractivity contribution in [1.29, 1.82) is 0 Å². The topological polar surface area (TPSA) is 47.3 Å². The summed E-state index contributed by atoms with van der Waals surface area (Å²) < 4.78 is 8.11. The zero-order valence-electron chi connectivity index (χ0n) is 11.2. The molecule has 0 aliphatic carbocycles. The van der Waals surface area contributed by atoms with Gasteiger partial charge < -0.3 is 14.4 Å². The standard InChI is InChI=1S/C15H18N2O2/c1-10(2)17-9-16-8-12(17)15-7-13(18)11-5-3-4-6-14(11)19-15/h3-6,8-10,13,15,18H,7H2,1-2H3. The molecule has 0 saturated heterocycles. The lowest BCUT2D eigenvalue weighted by Gasteiger charge is -2.30. The summed E-state index contributed by atoms with van der Waals surface area (Å²) in [5.74, 6) is 0.766. The van der Waals surface area contributed by atoms with Crippen molar-refractivity contribution in [1.82, 2.24) is 9.55 Å². The number of aromatic nitrogens is 2. The lowest BCUT2D eigenvalue weighted by molar-refractivity contribution is 0.0614. The predicted molar refractivity (Wildman–Crippen MR) is 72.0 cm³/mol. The number of aliphatic hydroxyl groups is 1. The molecule has 0 spiro atoms. The SMILES string of the molecule is CC(C)n1cncc1C1CC(O)c2ccccc2O1. The van der Waals surface area contributed by atoms with Crippen molar-refractivity contribution in [3.8, 4) is 5.75 Å². The van der Waals surface area contributed by atoms with E-state index in [1.807, 2.05) is 36.8 Å². The average molecular weight is 258 g/mol. The highest BCUT2D eigenvalue weighted by molar-refractivity contribution is 5.37. The number of fused-ring (bicyclic) bond motifs is 1. The Bertz CT molecular complexity index is 577. The van der Waals surface area contributed by atoms with Crippen LogP contribution in [0.3, 0.4) is 0 Å². The van der Waals surface area contributed by atoms with E-state index in [4.69, 9.17) is 4.74 Å². The van der Waals surface area contributed by atoms with E-state index in [0.717, 1.165) is 17.0 Å². The molecule has 100 valence electrons. The van der Waals surface area contributed by atoms with Gasteiger partial charge in [-0.05, 0) is 19.9 Å². The van der Waals surface area contributed by atoms with Gasteiger partial charge in [-0.1, -0.05) is 18.2 Å². The second-order valence-electron chi connectivity index (χ2n) is 5.22. The number of ether oxygens (including phenoxy) is 1. The molecule has 0 bridgehead atoms. The van der Waals surface area contributed by atoms with Crippen LogP contribution in [0.15, 0.2) is 36.8 Å². The van der Waals surface area contributed by atoms with Crippen molar-refractivity contribution in [3.05, 3.63) is 48.0 Å². The number of rotatable bonds is 2. The van der Waals surface area contributed by atoms with Gasteiger partial charge in [0.25, 0.3) is 0 Å². The molecule has 4 nitrogen and oxygen atoms in total. The number of imidazole rings is 1. The number of hydrogen-bond acceptors (Lipinski definition) is 3. The van der Waals surface area contributed by atoms with Crippen molar-refractivity contribution in [2.24, 2.45) is 0 Å². The highest BCUT2D eigenvalue weighted by Gasteiger charge is 2.29. The first-order valence-corrected chi connectivity index (χ1v) is 6.62. The van der Waals surface area contributed by atoms with Crippen LogP contribution in [0.2, 0.25) is 0 Å². The minimum atomic E-state index is -0.481. The van der Waals surface area contributed by atoms with Gasteiger partial charge in [-0.2, -0.15) is 0 Å². The molecule has 0 radical (unpaired) electrons. The van der Waals surface area contributed by atoms with Crippen LogP contribution in [-0.2, 0) is 0 Å². The van der Waals surface area contributed by atoms with E-state index in [1.165, 1.54) is 0 Å². The first-order chi connectivity index (χ1) is 9.16. The fraction of sp³-hybridized carbons (Fsp3) is 0.400.